The minimum absolute atomic E-state index is 0.0508. The van der Waals surface area contributed by atoms with Crippen LogP contribution in [0.15, 0.2) is 24.3 Å². The largest absolute Gasteiger partial charge is 0.416 e. The van der Waals surface area contributed by atoms with Crippen molar-refractivity contribution in [2.45, 2.75) is 38.4 Å². The first kappa shape index (κ1) is 16.3. The lowest BCUT2D eigenvalue weighted by atomic mass is 9.91. The first-order valence-electron chi connectivity index (χ1n) is 8.01. The lowest BCUT2D eigenvalue weighted by Crippen LogP contribution is -2.35. The fourth-order valence-corrected chi connectivity index (χ4v) is 3.72. The zero-order chi connectivity index (χ0) is 16.7. The van der Waals surface area contributed by atoms with Crippen LogP contribution in [0.4, 0.5) is 13.2 Å². The summed E-state index contributed by atoms with van der Waals surface area (Å²) in [6, 6.07) is 4.77. The monoisotopic (exact) mass is 326 g/mol. The van der Waals surface area contributed by atoms with Crippen LogP contribution >= 0.6 is 0 Å². The van der Waals surface area contributed by atoms with Crippen LogP contribution in [-0.4, -0.2) is 19.0 Å². The summed E-state index contributed by atoms with van der Waals surface area (Å²) in [7, 11) is 0. The van der Waals surface area contributed by atoms with Crippen molar-refractivity contribution in [1.29, 1.82) is 0 Å². The van der Waals surface area contributed by atoms with Crippen molar-refractivity contribution in [2.24, 2.45) is 11.3 Å². The molecule has 1 amide bonds. The highest BCUT2D eigenvalue weighted by atomic mass is 19.4. The van der Waals surface area contributed by atoms with Gasteiger partial charge in [-0.15, -0.1) is 0 Å². The molecule has 1 aliphatic heterocycles. The highest BCUT2D eigenvalue weighted by molar-refractivity contribution is 5.83. The van der Waals surface area contributed by atoms with Crippen LogP contribution in [0.2, 0.25) is 0 Å². The van der Waals surface area contributed by atoms with Gasteiger partial charge in [-0.2, -0.15) is 13.2 Å². The number of rotatable bonds is 3. The molecule has 1 saturated carbocycles. The SMILES string of the molecule is CC(NC(=O)C1CC12CCNCC2)c1ccccc1C(F)(F)F. The van der Waals surface area contributed by atoms with E-state index < -0.39 is 17.8 Å². The number of alkyl halides is 3. The van der Waals surface area contributed by atoms with E-state index in [2.05, 4.69) is 10.6 Å². The van der Waals surface area contributed by atoms with E-state index in [1.54, 1.807) is 13.0 Å². The highest BCUT2D eigenvalue weighted by Gasteiger charge is 2.57. The number of halogens is 3. The first-order chi connectivity index (χ1) is 10.8. The lowest BCUT2D eigenvalue weighted by molar-refractivity contribution is -0.138. The molecular weight excluding hydrogens is 305 g/mol. The minimum Gasteiger partial charge on any atom is -0.349 e. The molecule has 2 unspecified atom stereocenters. The quantitative estimate of drug-likeness (QED) is 0.895. The number of benzene rings is 1. The topological polar surface area (TPSA) is 41.1 Å². The molecule has 0 radical (unpaired) electrons. The van der Waals surface area contributed by atoms with E-state index in [-0.39, 0.29) is 22.8 Å². The minimum atomic E-state index is -4.41. The number of amides is 1. The molecule has 1 spiro atoms. The van der Waals surface area contributed by atoms with Crippen molar-refractivity contribution in [3.05, 3.63) is 35.4 Å². The second-order valence-electron chi connectivity index (χ2n) is 6.68. The Kier molecular flexibility index (Phi) is 4.12. The third-order valence-corrected chi connectivity index (χ3v) is 5.20. The molecular formula is C17H21F3N2O. The van der Waals surface area contributed by atoms with Gasteiger partial charge in [0.1, 0.15) is 0 Å². The second kappa shape index (κ2) is 5.82. The van der Waals surface area contributed by atoms with Crippen LogP contribution < -0.4 is 10.6 Å². The van der Waals surface area contributed by atoms with Gasteiger partial charge in [0.15, 0.2) is 0 Å². The number of carbonyl (C=O) groups is 1. The third kappa shape index (κ3) is 3.22. The average Bonchev–Trinajstić information content (AvgIpc) is 3.20. The Labute approximate surface area is 133 Å². The van der Waals surface area contributed by atoms with Crippen molar-refractivity contribution in [3.8, 4) is 0 Å². The molecule has 1 aromatic rings. The molecule has 0 bridgehead atoms. The summed E-state index contributed by atoms with van der Waals surface area (Å²) in [5, 5.41) is 6.06. The van der Waals surface area contributed by atoms with Gasteiger partial charge in [-0.3, -0.25) is 4.79 Å². The maximum absolute atomic E-state index is 13.1. The van der Waals surface area contributed by atoms with Crippen molar-refractivity contribution in [2.75, 3.05) is 13.1 Å². The van der Waals surface area contributed by atoms with Gasteiger partial charge >= 0.3 is 6.18 Å². The number of piperidine rings is 1. The Hall–Kier alpha value is -1.56. The molecule has 3 rings (SSSR count). The van der Waals surface area contributed by atoms with Crippen molar-refractivity contribution in [1.82, 2.24) is 10.6 Å². The fraction of sp³-hybridized carbons (Fsp3) is 0.588. The van der Waals surface area contributed by atoms with Gasteiger partial charge in [0, 0.05) is 5.92 Å². The molecule has 0 aromatic heterocycles. The average molecular weight is 326 g/mol. The van der Waals surface area contributed by atoms with Gasteiger partial charge in [-0.25, -0.2) is 0 Å². The van der Waals surface area contributed by atoms with Crippen molar-refractivity contribution >= 4 is 5.91 Å². The van der Waals surface area contributed by atoms with E-state index in [0.717, 1.165) is 38.4 Å². The van der Waals surface area contributed by atoms with E-state index in [9.17, 15) is 18.0 Å². The summed E-state index contributed by atoms with van der Waals surface area (Å²) in [4.78, 5) is 12.4. The van der Waals surface area contributed by atoms with Crippen molar-refractivity contribution < 1.29 is 18.0 Å². The van der Waals surface area contributed by atoms with Crippen LogP contribution in [0.1, 0.15) is 43.4 Å². The zero-order valence-corrected chi connectivity index (χ0v) is 13.0. The lowest BCUT2D eigenvalue weighted by Gasteiger charge is -2.24. The van der Waals surface area contributed by atoms with E-state index in [4.69, 9.17) is 0 Å². The maximum atomic E-state index is 13.1. The highest BCUT2D eigenvalue weighted by Crippen LogP contribution is 2.58. The summed E-state index contributed by atoms with van der Waals surface area (Å²) in [6.07, 6.45) is -1.61. The molecule has 3 nitrogen and oxygen atoms in total. The Balaban J connectivity index is 1.68. The summed E-state index contributed by atoms with van der Waals surface area (Å²) in [5.74, 6) is -0.165. The summed E-state index contributed by atoms with van der Waals surface area (Å²) in [6.45, 7) is 3.44. The van der Waals surface area contributed by atoms with E-state index in [1.165, 1.54) is 12.1 Å². The predicted molar refractivity (Wildman–Crippen MR) is 80.6 cm³/mol. The molecule has 6 heteroatoms. The smallest absolute Gasteiger partial charge is 0.349 e. The van der Waals surface area contributed by atoms with Gasteiger partial charge in [-0.05, 0) is 56.3 Å². The maximum Gasteiger partial charge on any atom is 0.416 e. The molecule has 23 heavy (non-hydrogen) atoms. The molecule has 2 aliphatic rings. The van der Waals surface area contributed by atoms with Crippen LogP contribution in [0.25, 0.3) is 0 Å². The molecule has 1 heterocycles. The van der Waals surface area contributed by atoms with Crippen LogP contribution in [0.3, 0.4) is 0 Å². The molecule has 2 atom stereocenters. The number of carbonyl (C=O) groups excluding carboxylic acids is 1. The normalized spacial score (nSPS) is 24.3. The Bertz CT molecular complexity index is 594. The summed E-state index contributed by atoms with van der Waals surface area (Å²) >= 11 is 0. The Morgan fingerprint density at radius 1 is 1.30 bits per heavy atom. The van der Waals surface area contributed by atoms with E-state index in [1.807, 2.05) is 0 Å². The summed E-state index contributed by atoms with van der Waals surface area (Å²) < 4.78 is 39.2. The number of nitrogens with one attached hydrogen (secondary N) is 2. The van der Waals surface area contributed by atoms with Gasteiger partial charge in [-0.1, -0.05) is 18.2 Å². The Morgan fingerprint density at radius 2 is 1.96 bits per heavy atom. The van der Waals surface area contributed by atoms with Crippen molar-refractivity contribution in [3.63, 3.8) is 0 Å². The molecule has 1 aliphatic carbocycles. The van der Waals surface area contributed by atoms with Gasteiger partial charge in [0.05, 0.1) is 11.6 Å². The van der Waals surface area contributed by atoms with Crippen LogP contribution in [0.5, 0.6) is 0 Å². The van der Waals surface area contributed by atoms with Crippen LogP contribution in [0, 0.1) is 11.3 Å². The zero-order valence-electron chi connectivity index (χ0n) is 13.0. The molecule has 126 valence electrons. The van der Waals surface area contributed by atoms with Crippen LogP contribution in [-0.2, 0) is 11.0 Å². The molecule has 1 saturated heterocycles. The van der Waals surface area contributed by atoms with E-state index >= 15 is 0 Å². The van der Waals surface area contributed by atoms with E-state index in [0.29, 0.717) is 0 Å². The van der Waals surface area contributed by atoms with Gasteiger partial charge < -0.3 is 10.6 Å². The predicted octanol–water partition coefficient (Wildman–Crippen LogP) is 3.27. The van der Waals surface area contributed by atoms with Gasteiger partial charge in [0.2, 0.25) is 5.91 Å². The fourth-order valence-electron chi connectivity index (χ4n) is 3.72. The second-order valence-corrected chi connectivity index (χ2v) is 6.68. The number of hydrogen-bond donors (Lipinski definition) is 2. The standard InChI is InChI=1S/C17H21F3N2O/c1-11(12-4-2-3-5-13(12)17(18,19)20)22-15(23)14-10-16(14)6-8-21-9-7-16/h2-5,11,14,21H,6-10H2,1H3,(H,22,23). The Morgan fingerprint density at radius 3 is 2.61 bits per heavy atom. The number of hydrogen-bond acceptors (Lipinski definition) is 2. The molecule has 2 N–H and O–H groups in total. The summed E-state index contributed by atoms with van der Waals surface area (Å²) in [5.41, 5.74) is -0.480. The van der Waals surface area contributed by atoms with Gasteiger partial charge in [0.25, 0.3) is 0 Å². The molecule has 2 fully saturated rings. The molecule has 1 aromatic carbocycles. The first-order valence-corrected chi connectivity index (χ1v) is 8.01. The third-order valence-electron chi connectivity index (χ3n) is 5.20.